The maximum atomic E-state index is 4.10. The van der Waals surface area contributed by atoms with Gasteiger partial charge in [0, 0.05) is 24.5 Å². The molecular formula is C9H14BrN3. The van der Waals surface area contributed by atoms with E-state index in [4.69, 9.17) is 0 Å². The molecule has 0 unspecified atom stereocenters. The number of hydrogen-bond donors (Lipinski definition) is 0. The normalized spacial score (nSPS) is 17.3. The van der Waals surface area contributed by atoms with Gasteiger partial charge in [-0.3, -0.25) is 4.68 Å². The molecule has 0 bridgehead atoms. The lowest BCUT2D eigenvalue weighted by molar-refractivity contribution is 0.264. The fourth-order valence-corrected chi connectivity index (χ4v) is 1.99. The molecule has 0 amide bonds. The summed E-state index contributed by atoms with van der Waals surface area (Å²) in [5.74, 6) is 0.860. The van der Waals surface area contributed by atoms with Crippen molar-refractivity contribution in [1.29, 1.82) is 0 Å². The van der Waals surface area contributed by atoms with Gasteiger partial charge < -0.3 is 0 Å². The van der Waals surface area contributed by atoms with Crippen LogP contribution in [0.2, 0.25) is 0 Å². The lowest BCUT2D eigenvalue weighted by Gasteiger charge is -2.24. The number of nitrogens with zero attached hydrogens (tertiary/aromatic N) is 3. The van der Waals surface area contributed by atoms with Gasteiger partial charge in [0.2, 0.25) is 0 Å². The first-order valence-corrected chi connectivity index (χ1v) is 5.95. The third-order valence-electron chi connectivity index (χ3n) is 2.61. The molecule has 1 heterocycles. The van der Waals surface area contributed by atoms with Crippen LogP contribution in [0.1, 0.15) is 25.0 Å². The van der Waals surface area contributed by atoms with Crippen LogP contribution in [0.3, 0.4) is 0 Å². The number of rotatable bonds is 4. The molecule has 1 aromatic heterocycles. The third-order valence-corrected chi connectivity index (χ3v) is 3.00. The largest absolute Gasteiger partial charge is 0.252 e. The zero-order valence-corrected chi connectivity index (χ0v) is 9.20. The summed E-state index contributed by atoms with van der Waals surface area (Å²) >= 11 is 3.39. The highest BCUT2D eigenvalue weighted by atomic mass is 79.9. The number of aryl methyl sites for hydroxylation is 1. The van der Waals surface area contributed by atoms with Crippen LogP contribution in [0.5, 0.6) is 0 Å². The van der Waals surface area contributed by atoms with Gasteiger partial charge in [-0.2, -0.15) is 0 Å². The van der Waals surface area contributed by atoms with Gasteiger partial charge in [0.15, 0.2) is 0 Å². The van der Waals surface area contributed by atoms with Gasteiger partial charge in [-0.05, 0) is 18.8 Å². The molecule has 0 radical (unpaired) electrons. The minimum atomic E-state index is 0.860. The Kier molecular flexibility index (Phi) is 2.98. The van der Waals surface area contributed by atoms with Crippen LogP contribution in [-0.2, 0) is 13.0 Å². The van der Waals surface area contributed by atoms with E-state index in [1.165, 1.54) is 19.3 Å². The second-order valence-electron chi connectivity index (χ2n) is 3.67. The van der Waals surface area contributed by atoms with Gasteiger partial charge >= 0.3 is 0 Å². The molecule has 1 aromatic rings. The van der Waals surface area contributed by atoms with Gasteiger partial charge in [0.1, 0.15) is 0 Å². The molecule has 2 rings (SSSR count). The monoisotopic (exact) mass is 243 g/mol. The molecule has 0 saturated heterocycles. The van der Waals surface area contributed by atoms with Crippen molar-refractivity contribution in [2.75, 3.05) is 5.33 Å². The fraction of sp³-hybridized carbons (Fsp3) is 0.778. The number of hydrogen-bond acceptors (Lipinski definition) is 2. The van der Waals surface area contributed by atoms with E-state index in [9.17, 15) is 0 Å². The predicted molar refractivity (Wildman–Crippen MR) is 54.9 cm³/mol. The molecule has 0 aliphatic heterocycles. The molecule has 13 heavy (non-hydrogen) atoms. The van der Waals surface area contributed by atoms with Crippen molar-refractivity contribution < 1.29 is 0 Å². The molecule has 1 aliphatic carbocycles. The predicted octanol–water partition coefficient (Wildman–Crippen LogP) is 2.02. The minimum absolute atomic E-state index is 0.860. The van der Waals surface area contributed by atoms with Crippen LogP contribution >= 0.6 is 15.9 Å². The molecule has 4 heteroatoms. The summed E-state index contributed by atoms with van der Waals surface area (Å²) in [5.41, 5.74) is 1.09. The van der Waals surface area contributed by atoms with E-state index in [0.29, 0.717) is 0 Å². The van der Waals surface area contributed by atoms with E-state index < -0.39 is 0 Å². The summed E-state index contributed by atoms with van der Waals surface area (Å²) in [6.07, 6.45) is 7.18. The van der Waals surface area contributed by atoms with Gasteiger partial charge in [0.05, 0.1) is 5.69 Å². The molecule has 3 nitrogen and oxygen atoms in total. The van der Waals surface area contributed by atoms with Gasteiger partial charge in [0.25, 0.3) is 0 Å². The van der Waals surface area contributed by atoms with Crippen LogP contribution in [-0.4, -0.2) is 20.3 Å². The van der Waals surface area contributed by atoms with Crippen molar-refractivity contribution in [3.05, 3.63) is 11.9 Å². The van der Waals surface area contributed by atoms with Crippen molar-refractivity contribution in [2.24, 2.45) is 5.92 Å². The highest BCUT2D eigenvalue weighted by Gasteiger charge is 2.18. The van der Waals surface area contributed by atoms with E-state index in [1.54, 1.807) is 0 Å². The Bertz CT molecular complexity index is 268. The molecule has 0 N–H and O–H groups in total. The average Bonchev–Trinajstić information content (AvgIpc) is 2.46. The Labute approximate surface area is 86.6 Å². The van der Waals surface area contributed by atoms with E-state index >= 15 is 0 Å². The summed E-state index contributed by atoms with van der Waals surface area (Å²) in [5, 5.41) is 9.17. The fourth-order valence-electron chi connectivity index (χ4n) is 1.58. The van der Waals surface area contributed by atoms with Crippen molar-refractivity contribution in [3.63, 3.8) is 0 Å². The van der Waals surface area contributed by atoms with E-state index in [2.05, 4.69) is 32.4 Å². The third kappa shape index (κ3) is 2.30. The highest BCUT2D eigenvalue weighted by Crippen LogP contribution is 2.27. The number of halogens is 1. The van der Waals surface area contributed by atoms with E-state index in [0.717, 1.165) is 29.9 Å². The number of alkyl halides is 1. The quantitative estimate of drug-likeness (QED) is 0.758. The van der Waals surface area contributed by atoms with Crippen LogP contribution in [0.4, 0.5) is 0 Å². The lowest BCUT2D eigenvalue weighted by Crippen LogP contribution is -2.18. The molecule has 1 saturated carbocycles. The first-order valence-electron chi connectivity index (χ1n) is 4.83. The smallest absolute Gasteiger partial charge is 0.0835 e. The molecule has 0 spiro atoms. The zero-order valence-electron chi connectivity index (χ0n) is 7.62. The first kappa shape index (κ1) is 9.19. The Morgan fingerprint density at radius 1 is 1.54 bits per heavy atom. The Hall–Kier alpha value is -0.380. The van der Waals surface area contributed by atoms with Crippen molar-refractivity contribution in [2.45, 2.75) is 32.2 Å². The average molecular weight is 244 g/mol. The lowest BCUT2D eigenvalue weighted by atomic mass is 9.85. The van der Waals surface area contributed by atoms with Gasteiger partial charge in [-0.1, -0.05) is 27.6 Å². The standard InChI is InChI=1S/C9H14BrN3/c10-5-4-9-7-13(12-11-9)6-8-2-1-3-8/h7-8H,1-6H2. The van der Waals surface area contributed by atoms with Gasteiger partial charge in [-0.25, -0.2) is 0 Å². The van der Waals surface area contributed by atoms with E-state index in [1.807, 2.05) is 4.68 Å². The van der Waals surface area contributed by atoms with Crippen LogP contribution in [0, 0.1) is 5.92 Å². The SMILES string of the molecule is BrCCc1cn(CC2CCC2)nn1. The number of aromatic nitrogens is 3. The molecule has 72 valence electrons. The summed E-state index contributed by atoms with van der Waals surface area (Å²) in [7, 11) is 0. The van der Waals surface area contributed by atoms with Crippen molar-refractivity contribution in [3.8, 4) is 0 Å². The van der Waals surface area contributed by atoms with Crippen LogP contribution < -0.4 is 0 Å². The zero-order chi connectivity index (χ0) is 9.10. The second kappa shape index (κ2) is 4.22. The molecule has 0 atom stereocenters. The molecule has 1 fully saturated rings. The molecule has 1 aliphatic rings. The summed E-state index contributed by atoms with van der Waals surface area (Å²) in [4.78, 5) is 0. The van der Waals surface area contributed by atoms with Crippen molar-refractivity contribution in [1.82, 2.24) is 15.0 Å². The molecule has 0 aromatic carbocycles. The summed E-state index contributed by atoms with van der Waals surface area (Å²) in [6.45, 7) is 1.06. The first-order chi connectivity index (χ1) is 6.38. The summed E-state index contributed by atoms with van der Waals surface area (Å²) < 4.78 is 1.99. The Balaban J connectivity index is 1.88. The Morgan fingerprint density at radius 2 is 2.38 bits per heavy atom. The topological polar surface area (TPSA) is 30.7 Å². The van der Waals surface area contributed by atoms with Crippen molar-refractivity contribution >= 4 is 15.9 Å². The minimum Gasteiger partial charge on any atom is -0.252 e. The maximum absolute atomic E-state index is 4.10. The molecular weight excluding hydrogens is 230 g/mol. The highest BCUT2D eigenvalue weighted by molar-refractivity contribution is 9.09. The van der Waals surface area contributed by atoms with Crippen LogP contribution in [0.15, 0.2) is 6.20 Å². The van der Waals surface area contributed by atoms with Gasteiger partial charge in [-0.15, -0.1) is 5.10 Å². The van der Waals surface area contributed by atoms with E-state index in [-0.39, 0.29) is 0 Å². The second-order valence-corrected chi connectivity index (χ2v) is 4.46. The Morgan fingerprint density at radius 3 is 3.00 bits per heavy atom. The summed E-state index contributed by atoms with van der Waals surface area (Å²) in [6, 6.07) is 0. The van der Waals surface area contributed by atoms with Crippen LogP contribution in [0.25, 0.3) is 0 Å². The maximum Gasteiger partial charge on any atom is 0.0835 e.